The van der Waals surface area contributed by atoms with Crippen molar-refractivity contribution in [2.24, 2.45) is 0 Å². The highest BCUT2D eigenvalue weighted by molar-refractivity contribution is 4.92. The van der Waals surface area contributed by atoms with Crippen molar-refractivity contribution < 1.29 is 4.39 Å². The van der Waals surface area contributed by atoms with Crippen molar-refractivity contribution in [1.29, 1.82) is 0 Å². The summed E-state index contributed by atoms with van der Waals surface area (Å²) in [6, 6.07) is -0.171. The molecule has 0 bridgehead atoms. The fourth-order valence-electron chi connectivity index (χ4n) is 0.751. The Morgan fingerprint density at radius 1 is 1.60 bits per heavy atom. The Morgan fingerprint density at radius 3 is 2.50 bits per heavy atom. The molecule has 0 aliphatic carbocycles. The van der Waals surface area contributed by atoms with Gasteiger partial charge in [-0.25, -0.2) is 4.39 Å². The van der Waals surface area contributed by atoms with Gasteiger partial charge < -0.3 is 5.32 Å². The highest BCUT2D eigenvalue weighted by atomic mass is 19.1. The van der Waals surface area contributed by atoms with E-state index in [2.05, 4.69) is 18.5 Å². The first kappa shape index (κ1) is 9.37. The van der Waals surface area contributed by atoms with Crippen LogP contribution in [0.15, 0.2) is 25.3 Å². The molecule has 10 heavy (non-hydrogen) atoms. The van der Waals surface area contributed by atoms with E-state index in [1.807, 2.05) is 0 Å². The first-order valence-corrected chi connectivity index (χ1v) is 3.31. The first-order valence-electron chi connectivity index (χ1n) is 3.31. The predicted octanol–water partition coefficient (Wildman–Crippen LogP) is 1.67. The predicted molar refractivity (Wildman–Crippen MR) is 42.8 cm³/mol. The summed E-state index contributed by atoms with van der Waals surface area (Å²) in [5, 5.41) is 2.84. The molecule has 1 N–H and O–H groups in total. The van der Waals surface area contributed by atoms with E-state index in [9.17, 15) is 4.39 Å². The maximum atomic E-state index is 12.8. The van der Waals surface area contributed by atoms with E-state index in [0.29, 0.717) is 6.42 Å². The fraction of sp³-hybridized carbons (Fsp3) is 0.500. The Bertz CT molecular complexity index is 112. The Morgan fingerprint density at radius 2 is 2.20 bits per heavy atom. The lowest BCUT2D eigenvalue weighted by atomic mass is 10.1. The van der Waals surface area contributed by atoms with Crippen molar-refractivity contribution in [3.63, 3.8) is 0 Å². The third kappa shape index (κ3) is 2.78. The molecule has 2 unspecified atom stereocenters. The Balaban J connectivity index is 3.78. The fourth-order valence-corrected chi connectivity index (χ4v) is 0.751. The molecule has 0 heterocycles. The third-order valence-electron chi connectivity index (χ3n) is 1.40. The summed E-state index contributed by atoms with van der Waals surface area (Å²) in [6.45, 7) is 6.89. The van der Waals surface area contributed by atoms with E-state index in [1.165, 1.54) is 6.08 Å². The van der Waals surface area contributed by atoms with Gasteiger partial charge in [-0.2, -0.15) is 0 Å². The number of alkyl halides is 1. The van der Waals surface area contributed by atoms with Gasteiger partial charge in [-0.3, -0.25) is 0 Å². The lowest BCUT2D eigenvalue weighted by molar-refractivity contribution is 0.312. The standard InChI is InChI=1S/C8H14FN/c1-4-6-8(10-3)7(9)5-2/h4-5,7-8,10H,1-2,6H2,3H3. The molecular weight excluding hydrogens is 129 g/mol. The van der Waals surface area contributed by atoms with Crippen molar-refractivity contribution in [3.8, 4) is 0 Å². The highest BCUT2D eigenvalue weighted by Gasteiger charge is 2.12. The van der Waals surface area contributed by atoms with Crippen LogP contribution in [0.1, 0.15) is 6.42 Å². The Labute approximate surface area is 61.6 Å². The van der Waals surface area contributed by atoms with Crippen LogP contribution < -0.4 is 5.32 Å². The molecule has 0 spiro atoms. The van der Waals surface area contributed by atoms with Gasteiger partial charge >= 0.3 is 0 Å². The lowest BCUT2D eigenvalue weighted by Crippen LogP contribution is -2.33. The summed E-state index contributed by atoms with van der Waals surface area (Å²) >= 11 is 0. The monoisotopic (exact) mass is 143 g/mol. The smallest absolute Gasteiger partial charge is 0.133 e. The van der Waals surface area contributed by atoms with Crippen LogP contribution in [-0.4, -0.2) is 19.3 Å². The third-order valence-corrected chi connectivity index (χ3v) is 1.40. The largest absolute Gasteiger partial charge is 0.314 e. The van der Waals surface area contributed by atoms with E-state index >= 15 is 0 Å². The van der Waals surface area contributed by atoms with Crippen LogP contribution in [0.2, 0.25) is 0 Å². The van der Waals surface area contributed by atoms with Gasteiger partial charge in [0.15, 0.2) is 0 Å². The van der Waals surface area contributed by atoms with Crippen LogP contribution in [0.5, 0.6) is 0 Å². The van der Waals surface area contributed by atoms with Crippen LogP contribution in [-0.2, 0) is 0 Å². The normalized spacial score (nSPS) is 15.8. The molecule has 0 aromatic heterocycles. The molecule has 0 aliphatic heterocycles. The van der Waals surface area contributed by atoms with Gasteiger partial charge in [-0.1, -0.05) is 12.2 Å². The molecule has 0 aromatic rings. The zero-order chi connectivity index (χ0) is 7.98. The molecule has 0 radical (unpaired) electrons. The number of rotatable bonds is 5. The van der Waals surface area contributed by atoms with Gasteiger partial charge in [0.05, 0.1) is 0 Å². The minimum absolute atomic E-state index is 0.171. The Hall–Kier alpha value is -0.630. The molecule has 2 atom stereocenters. The van der Waals surface area contributed by atoms with Gasteiger partial charge in [0.1, 0.15) is 6.17 Å². The second kappa shape index (κ2) is 5.18. The van der Waals surface area contributed by atoms with Crippen molar-refractivity contribution in [1.82, 2.24) is 5.32 Å². The van der Waals surface area contributed by atoms with E-state index in [-0.39, 0.29) is 6.04 Å². The zero-order valence-electron chi connectivity index (χ0n) is 6.31. The zero-order valence-corrected chi connectivity index (χ0v) is 6.31. The van der Waals surface area contributed by atoms with Gasteiger partial charge in [0.2, 0.25) is 0 Å². The summed E-state index contributed by atoms with van der Waals surface area (Å²) in [6.07, 6.45) is 2.63. The van der Waals surface area contributed by atoms with Crippen molar-refractivity contribution in [3.05, 3.63) is 25.3 Å². The summed E-state index contributed by atoms with van der Waals surface area (Å²) in [4.78, 5) is 0. The van der Waals surface area contributed by atoms with E-state index in [4.69, 9.17) is 0 Å². The first-order chi connectivity index (χ1) is 4.76. The van der Waals surface area contributed by atoms with Gasteiger partial charge in [-0.15, -0.1) is 13.2 Å². The average molecular weight is 143 g/mol. The molecule has 0 saturated carbocycles. The molecule has 0 fully saturated rings. The van der Waals surface area contributed by atoms with E-state index in [0.717, 1.165) is 0 Å². The summed E-state index contributed by atoms with van der Waals surface area (Å²) in [5.41, 5.74) is 0. The quantitative estimate of drug-likeness (QED) is 0.577. The molecule has 0 aliphatic rings. The molecule has 0 saturated heterocycles. The second-order valence-corrected chi connectivity index (χ2v) is 2.10. The van der Waals surface area contributed by atoms with Crippen molar-refractivity contribution >= 4 is 0 Å². The van der Waals surface area contributed by atoms with Crippen LogP contribution in [0.25, 0.3) is 0 Å². The second-order valence-electron chi connectivity index (χ2n) is 2.10. The van der Waals surface area contributed by atoms with Crippen LogP contribution in [0, 0.1) is 0 Å². The summed E-state index contributed by atoms with van der Waals surface area (Å²) in [7, 11) is 1.73. The minimum Gasteiger partial charge on any atom is -0.314 e. The van der Waals surface area contributed by atoms with E-state index < -0.39 is 6.17 Å². The summed E-state index contributed by atoms with van der Waals surface area (Å²) < 4.78 is 12.8. The number of halogens is 1. The molecular formula is C8H14FN. The molecule has 2 heteroatoms. The van der Waals surface area contributed by atoms with Crippen LogP contribution in [0.3, 0.4) is 0 Å². The Kier molecular flexibility index (Phi) is 4.85. The average Bonchev–Trinajstić information content (AvgIpc) is 1.99. The maximum Gasteiger partial charge on any atom is 0.133 e. The molecule has 58 valence electrons. The van der Waals surface area contributed by atoms with Gasteiger partial charge in [0.25, 0.3) is 0 Å². The molecule has 1 nitrogen and oxygen atoms in total. The van der Waals surface area contributed by atoms with Crippen molar-refractivity contribution in [2.45, 2.75) is 18.6 Å². The SMILES string of the molecule is C=CCC(NC)C(F)C=C. The number of hydrogen-bond acceptors (Lipinski definition) is 1. The topological polar surface area (TPSA) is 12.0 Å². The van der Waals surface area contributed by atoms with Crippen LogP contribution >= 0.6 is 0 Å². The minimum atomic E-state index is -0.983. The molecule has 0 rings (SSSR count). The highest BCUT2D eigenvalue weighted by Crippen LogP contribution is 2.03. The van der Waals surface area contributed by atoms with Gasteiger partial charge in [-0.05, 0) is 13.5 Å². The number of hydrogen-bond donors (Lipinski definition) is 1. The summed E-state index contributed by atoms with van der Waals surface area (Å²) in [5.74, 6) is 0. The number of nitrogens with one attached hydrogen (secondary N) is 1. The van der Waals surface area contributed by atoms with Crippen LogP contribution in [0.4, 0.5) is 4.39 Å². The molecule has 0 aromatic carbocycles. The molecule has 0 amide bonds. The maximum absolute atomic E-state index is 12.8. The van der Waals surface area contributed by atoms with E-state index in [1.54, 1.807) is 13.1 Å². The van der Waals surface area contributed by atoms with Crippen molar-refractivity contribution in [2.75, 3.05) is 7.05 Å². The van der Waals surface area contributed by atoms with Gasteiger partial charge in [0, 0.05) is 6.04 Å². The lowest BCUT2D eigenvalue weighted by Gasteiger charge is -2.15.